The lowest BCUT2D eigenvalue weighted by atomic mass is 10.0. The fourth-order valence-corrected chi connectivity index (χ4v) is 3.73. The standard InChI is InChI=1S/C26H23FN10O2/c1-26(2,39)23(27)14-32-25(38)19-13-29-21(22-4-3-18-5-15(7-28)8-35-37(18)22)6-20(19)36-17-11-30-24(31-12-17)16-9-33-34-10-16/h3-6,8-13,23,39H,14H2,1-2H3,(H,29,36)(H,32,38)(H,33,34). The SMILES string of the molecule is CC(C)(O)C(F)CNC(=O)c1cnc(-c2ccc3cc(C#N)cnn23)cc1Nc1cnc(-c2cn[nH]c2)nc1. The normalized spacial score (nSPS) is 12.2. The molecule has 1 atom stereocenters. The predicted molar refractivity (Wildman–Crippen MR) is 140 cm³/mol. The number of alkyl halides is 1. The smallest absolute Gasteiger partial charge is 0.255 e. The topological polar surface area (TPSA) is 170 Å². The first-order valence-electron chi connectivity index (χ1n) is 11.8. The van der Waals surface area contributed by atoms with E-state index in [4.69, 9.17) is 5.26 Å². The van der Waals surface area contributed by atoms with E-state index in [0.717, 1.165) is 0 Å². The number of rotatable bonds is 8. The molecule has 1 amide bonds. The second-order valence-electron chi connectivity index (χ2n) is 9.26. The summed E-state index contributed by atoms with van der Waals surface area (Å²) in [4.78, 5) is 26.2. The molecule has 1 unspecified atom stereocenters. The van der Waals surface area contributed by atoms with Crippen LogP contribution >= 0.6 is 0 Å². The minimum atomic E-state index is -1.68. The lowest BCUT2D eigenvalue weighted by molar-refractivity contribution is -0.00177. The summed E-state index contributed by atoms with van der Waals surface area (Å²) < 4.78 is 15.9. The Bertz CT molecular complexity index is 1670. The second kappa shape index (κ2) is 10.3. The number of fused-ring (bicyclic) bond motifs is 1. The molecular formula is C26H23FN10O2. The number of hydrogen-bond acceptors (Lipinski definition) is 9. The maximum absolute atomic E-state index is 14.3. The monoisotopic (exact) mass is 526 g/mol. The summed E-state index contributed by atoms with van der Waals surface area (Å²) in [6, 6.07) is 9.02. The van der Waals surface area contributed by atoms with E-state index in [0.29, 0.717) is 45.2 Å². The van der Waals surface area contributed by atoms with Crippen molar-refractivity contribution in [3.8, 4) is 28.8 Å². The zero-order valence-corrected chi connectivity index (χ0v) is 20.9. The number of hydrogen-bond donors (Lipinski definition) is 4. The molecule has 196 valence electrons. The van der Waals surface area contributed by atoms with Crippen LogP contribution < -0.4 is 10.6 Å². The molecule has 0 aromatic carbocycles. The number of H-pyrrole nitrogens is 1. The first-order chi connectivity index (χ1) is 18.7. The van der Waals surface area contributed by atoms with Crippen molar-refractivity contribution in [1.82, 2.24) is 40.1 Å². The summed E-state index contributed by atoms with van der Waals surface area (Å²) >= 11 is 0. The minimum Gasteiger partial charge on any atom is -0.387 e. The molecule has 0 aliphatic rings. The molecule has 0 spiro atoms. The number of carbonyl (C=O) groups is 1. The van der Waals surface area contributed by atoms with Crippen molar-refractivity contribution in [3.05, 3.63) is 72.6 Å². The fourth-order valence-electron chi connectivity index (χ4n) is 3.73. The molecule has 4 N–H and O–H groups in total. The molecule has 5 aromatic heterocycles. The average Bonchev–Trinajstić information content (AvgIpc) is 3.61. The molecule has 5 heterocycles. The van der Waals surface area contributed by atoms with Crippen molar-refractivity contribution in [1.29, 1.82) is 5.26 Å². The second-order valence-corrected chi connectivity index (χ2v) is 9.26. The molecule has 12 nitrogen and oxygen atoms in total. The Kier molecular flexibility index (Phi) is 6.70. The van der Waals surface area contributed by atoms with Crippen LogP contribution in [0.3, 0.4) is 0 Å². The lowest BCUT2D eigenvalue weighted by Gasteiger charge is -2.22. The van der Waals surface area contributed by atoms with Crippen molar-refractivity contribution in [2.45, 2.75) is 25.6 Å². The Morgan fingerprint density at radius 2 is 1.97 bits per heavy atom. The Balaban J connectivity index is 1.49. The molecule has 0 fully saturated rings. The maximum Gasteiger partial charge on any atom is 0.255 e. The zero-order chi connectivity index (χ0) is 27.6. The van der Waals surface area contributed by atoms with Crippen LogP contribution in [0, 0.1) is 11.3 Å². The van der Waals surface area contributed by atoms with E-state index in [1.807, 2.05) is 0 Å². The van der Waals surface area contributed by atoms with Crippen molar-refractivity contribution in [2.75, 3.05) is 11.9 Å². The Hall–Kier alpha value is -5.22. The van der Waals surface area contributed by atoms with Crippen molar-refractivity contribution in [2.24, 2.45) is 0 Å². The molecule has 13 heteroatoms. The van der Waals surface area contributed by atoms with Gasteiger partial charge in [-0.25, -0.2) is 18.9 Å². The lowest BCUT2D eigenvalue weighted by Crippen LogP contribution is -2.42. The first-order valence-corrected chi connectivity index (χ1v) is 11.8. The van der Waals surface area contributed by atoms with Crippen molar-refractivity contribution in [3.63, 3.8) is 0 Å². The minimum absolute atomic E-state index is 0.140. The van der Waals surface area contributed by atoms with Crippen molar-refractivity contribution < 1.29 is 14.3 Å². The van der Waals surface area contributed by atoms with Crippen LogP contribution in [0.1, 0.15) is 29.8 Å². The number of nitrogens with one attached hydrogen (secondary N) is 3. The average molecular weight is 527 g/mol. The largest absolute Gasteiger partial charge is 0.387 e. The number of nitriles is 1. The van der Waals surface area contributed by atoms with Crippen LogP contribution in [0.15, 0.2) is 61.4 Å². The van der Waals surface area contributed by atoms with Gasteiger partial charge >= 0.3 is 0 Å². The summed E-state index contributed by atoms with van der Waals surface area (Å²) in [6.45, 7) is 2.27. The third-order valence-electron chi connectivity index (χ3n) is 5.94. The van der Waals surface area contributed by atoms with Gasteiger partial charge in [-0.3, -0.25) is 14.9 Å². The highest BCUT2D eigenvalue weighted by Crippen LogP contribution is 2.28. The van der Waals surface area contributed by atoms with Crippen molar-refractivity contribution >= 4 is 22.8 Å². The van der Waals surface area contributed by atoms with Gasteiger partial charge in [0.15, 0.2) is 5.82 Å². The summed E-state index contributed by atoms with van der Waals surface area (Å²) in [5.74, 6) is -0.123. The van der Waals surface area contributed by atoms with Gasteiger partial charge in [0.25, 0.3) is 5.91 Å². The third kappa shape index (κ3) is 5.41. The summed E-state index contributed by atoms with van der Waals surface area (Å²) in [5, 5.41) is 35.6. The maximum atomic E-state index is 14.3. The number of nitrogens with zero attached hydrogens (tertiary/aromatic N) is 7. The van der Waals surface area contributed by atoms with Crippen LogP contribution in [-0.4, -0.2) is 64.1 Å². The van der Waals surface area contributed by atoms with Gasteiger partial charge in [-0.1, -0.05) is 0 Å². The zero-order valence-electron chi connectivity index (χ0n) is 20.9. The van der Waals surface area contributed by atoms with E-state index >= 15 is 0 Å². The molecule has 0 aliphatic carbocycles. The van der Waals surface area contributed by atoms with E-state index < -0.39 is 17.7 Å². The number of aliphatic hydroxyl groups is 1. The van der Waals surface area contributed by atoms with E-state index in [-0.39, 0.29) is 12.1 Å². The molecule has 0 saturated carbocycles. The van der Waals surface area contributed by atoms with E-state index in [1.165, 1.54) is 26.2 Å². The van der Waals surface area contributed by atoms with Crippen LogP contribution in [0.5, 0.6) is 0 Å². The van der Waals surface area contributed by atoms with E-state index in [2.05, 4.69) is 47.0 Å². The van der Waals surface area contributed by atoms with Gasteiger partial charge < -0.3 is 15.7 Å². The quantitative estimate of drug-likeness (QED) is 0.237. The van der Waals surface area contributed by atoms with Gasteiger partial charge in [0.05, 0.1) is 81.9 Å². The summed E-state index contributed by atoms with van der Waals surface area (Å²) in [5.41, 5.74) is 2.33. The molecular weight excluding hydrogens is 503 g/mol. The van der Waals surface area contributed by atoms with Gasteiger partial charge in [-0.05, 0) is 38.1 Å². The Morgan fingerprint density at radius 1 is 1.18 bits per heavy atom. The van der Waals surface area contributed by atoms with Crippen LogP contribution in [0.25, 0.3) is 28.3 Å². The van der Waals surface area contributed by atoms with E-state index in [9.17, 15) is 14.3 Å². The molecule has 5 aromatic rings. The van der Waals surface area contributed by atoms with Crippen LogP contribution in [0.2, 0.25) is 0 Å². The molecule has 39 heavy (non-hydrogen) atoms. The molecule has 0 radical (unpaired) electrons. The highest BCUT2D eigenvalue weighted by atomic mass is 19.1. The predicted octanol–water partition coefficient (Wildman–Crippen LogP) is 3.03. The summed E-state index contributed by atoms with van der Waals surface area (Å²) in [7, 11) is 0. The number of aromatic nitrogens is 7. The van der Waals surface area contributed by atoms with Gasteiger partial charge in [-0.15, -0.1) is 0 Å². The van der Waals surface area contributed by atoms with Gasteiger partial charge in [0.2, 0.25) is 0 Å². The molecule has 0 saturated heterocycles. The third-order valence-corrected chi connectivity index (χ3v) is 5.94. The highest BCUT2D eigenvalue weighted by molar-refractivity contribution is 6.00. The number of amides is 1. The van der Waals surface area contributed by atoms with Crippen LogP contribution in [0.4, 0.5) is 15.8 Å². The molecule has 5 rings (SSSR count). The van der Waals surface area contributed by atoms with Gasteiger partial charge in [0.1, 0.15) is 12.2 Å². The Labute approximate surface area is 221 Å². The number of pyridine rings is 1. The molecule has 0 bridgehead atoms. The van der Waals surface area contributed by atoms with Gasteiger partial charge in [-0.2, -0.15) is 15.5 Å². The number of aromatic amines is 1. The highest BCUT2D eigenvalue weighted by Gasteiger charge is 2.27. The summed E-state index contributed by atoms with van der Waals surface area (Å²) in [6.07, 6.45) is 7.52. The Morgan fingerprint density at radius 3 is 2.67 bits per heavy atom. The molecule has 0 aliphatic heterocycles. The van der Waals surface area contributed by atoms with Gasteiger partial charge in [0, 0.05) is 12.4 Å². The first kappa shape index (κ1) is 25.4. The van der Waals surface area contributed by atoms with E-state index in [1.54, 1.807) is 53.6 Å². The number of halogens is 1. The fraction of sp³-hybridized carbons (Fsp3) is 0.192. The number of anilines is 2. The number of carbonyl (C=O) groups excluding carboxylic acids is 1. The van der Waals surface area contributed by atoms with Crippen LogP contribution in [-0.2, 0) is 0 Å².